The van der Waals surface area contributed by atoms with Crippen LogP contribution < -0.4 is 20.1 Å². The Morgan fingerprint density at radius 1 is 1.11 bits per heavy atom. The van der Waals surface area contributed by atoms with Crippen molar-refractivity contribution in [2.75, 3.05) is 19.8 Å². The molecule has 0 bridgehead atoms. The van der Waals surface area contributed by atoms with Crippen molar-refractivity contribution < 1.29 is 23.8 Å². The van der Waals surface area contributed by atoms with Gasteiger partial charge in [-0.05, 0) is 53.2 Å². The summed E-state index contributed by atoms with van der Waals surface area (Å²) in [4.78, 5) is 23.6. The van der Waals surface area contributed by atoms with Gasteiger partial charge in [-0.25, -0.2) is 4.79 Å². The van der Waals surface area contributed by atoms with Gasteiger partial charge in [0.2, 0.25) is 5.91 Å². The second-order valence-corrected chi connectivity index (χ2v) is 7.18. The second-order valence-electron chi connectivity index (χ2n) is 7.18. The number of benzene rings is 1. The Morgan fingerprint density at radius 3 is 2.33 bits per heavy atom. The van der Waals surface area contributed by atoms with Crippen molar-refractivity contribution >= 4 is 12.0 Å². The topological polar surface area (TPSA) is 85.9 Å². The minimum atomic E-state index is -0.544. The molecule has 1 aromatic carbocycles. The van der Waals surface area contributed by atoms with Crippen molar-refractivity contribution in [3.8, 4) is 11.5 Å². The zero-order valence-electron chi connectivity index (χ0n) is 17.0. The monoisotopic (exact) mass is 380 g/mol. The Balaban J connectivity index is 2.22. The van der Waals surface area contributed by atoms with Gasteiger partial charge in [-0.15, -0.1) is 0 Å². The molecule has 1 aromatic rings. The van der Waals surface area contributed by atoms with Crippen LogP contribution in [0.1, 0.15) is 47.5 Å². The first-order valence-electron chi connectivity index (χ1n) is 9.32. The molecular formula is C20H32N2O5. The van der Waals surface area contributed by atoms with E-state index in [-0.39, 0.29) is 11.9 Å². The first-order chi connectivity index (χ1) is 12.7. The van der Waals surface area contributed by atoms with E-state index in [1.807, 2.05) is 38.1 Å². The minimum absolute atomic E-state index is 0.0878. The molecule has 0 aliphatic rings. The van der Waals surface area contributed by atoms with Crippen LogP contribution in [0.5, 0.6) is 11.5 Å². The maximum Gasteiger partial charge on any atom is 0.407 e. The summed E-state index contributed by atoms with van der Waals surface area (Å²) in [7, 11) is 0. The summed E-state index contributed by atoms with van der Waals surface area (Å²) in [6, 6.07) is 7.27. The summed E-state index contributed by atoms with van der Waals surface area (Å²) in [6.45, 7) is 10.4. The average molecular weight is 380 g/mol. The van der Waals surface area contributed by atoms with Crippen LogP contribution in [0.3, 0.4) is 0 Å². The van der Waals surface area contributed by atoms with Crippen LogP contribution in [0, 0.1) is 0 Å². The third kappa shape index (κ3) is 10.3. The molecule has 0 saturated carbocycles. The van der Waals surface area contributed by atoms with Gasteiger partial charge < -0.3 is 24.8 Å². The molecule has 0 radical (unpaired) electrons. The molecule has 7 nitrogen and oxygen atoms in total. The molecule has 152 valence electrons. The van der Waals surface area contributed by atoms with Gasteiger partial charge in [-0.2, -0.15) is 0 Å². The van der Waals surface area contributed by atoms with Crippen LogP contribution in [-0.2, 0) is 9.53 Å². The summed E-state index contributed by atoms with van der Waals surface area (Å²) in [5.74, 6) is 1.29. The lowest BCUT2D eigenvalue weighted by Gasteiger charge is -2.21. The van der Waals surface area contributed by atoms with Crippen molar-refractivity contribution in [1.29, 1.82) is 0 Å². The highest BCUT2D eigenvalue weighted by Gasteiger charge is 2.16. The highest BCUT2D eigenvalue weighted by Crippen LogP contribution is 2.26. The lowest BCUT2D eigenvalue weighted by atomic mass is 10.2. The summed E-state index contributed by atoms with van der Waals surface area (Å²) in [5.41, 5.74) is -0.544. The number of hydrogen-bond acceptors (Lipinski definition) is 5. The molecule has 1 rings (SSSR count). The van der Waals surface area contributed by atoms with Crippen LogP contribution >= 0.6 is 0 Å². The highest BCUT2D eigenvalue weighted by atomic mass is 16.6. The van der Waals surface area contributed by atoms with Crippen molar-refractivity contribution in [1.82, 2.24) is 10.6 Å². The zero-order chi connectivity index (χ0) is 20.3. The van der Waals surface area contributed by atoms with Crippen molar-refractivity contribution in [3.63, 3.8) is 0 Å². The van der Waals surface area contributed by atoms with Crippen LogP contribution in [0.2, 0.25) is 0 Å². The van der Waals surface area contributed by atoms with Crippen molar-refractivity contribution in [3.05, 3.63) is 24.3 Å². The fourth-order valence-corrected chi connectivity index (χ4v) is 2.21. The summed E-state index contributed by atoms with van der Waals surface area (Å²) >= 11 is 0. The van der Waals surface area contributed by atoms with Crippen molar-refractivity contribution in [2.45, 2.75) is 59.1 Å². The van der Waals surface area contributed by atoms with E-state index in [0.717, 1.165) is 0 Å². The van der Waals surface area contributed by atoms with E-state index in [0.29, 0.717) is 44.1 Å². The van der Waals surface area contributed by atoms with Gasteiger partial charge >= 0.3 is 6.09 Å². The predicted octanol–water partition coefficient (Wildman–Crippen LogP) is 3.27. The van der Waals surface area contributed by atoms with E-state index in [1.54, 1.807) is 20.8 Å². The summed E-state index contributed by atoms with van der Waals surface area (Å²) < 4.78 is 16.3. The smallest absolute Gasteiger partial charge is 0.407 e. The van der Waals surface area contributed by atoms with E-state index in [1.165, 1.54) is 0 Å². The summed E-state index contributed by atoms with van der Waals surface area (Å²) in [6.07, 6.45) is 0.427. The first kappa shape index (κ1) is 22.6. The van der Waals surface area contributed by atoms with Crippen LogP contribution in [0.15, 0.2) is 24.3 Å². The molecule has 2 N–H and O–H groups in total. The fourth-order valence-electron chi connectivity index (χ4n) is 2.21. The highest BCUT2D eigenvalue weighted by molar-refractivity contribution is 5.76. The lowest BCUT2D eigenvalue weighted by Crippen LogP contribution is -2.43. The molecule has 0 fully saturated rings. The van der Waals surface area contributed by atoms with Crippen molar-refractivity contribution in [2.24, 2.45) is 0 Å². The Morgan fingerprint density at radius 2 is 1.74 bits per heavy atom. The zero-order valence-corrected chi connectivity index (χ0v) is 17.0. The molecule has 0 aromatic heterocycles. The average Bonchev–Trinajstić information content (AvgIpc) is 2.57. The number of carbonyl (C=O) groups is 2. The number of nitrogens with one attached hydrogen (secondary N) is 2. The third-order valence-electron chi connectivity index (χ3n) is 3.31. The number of hydrogen-bond donors (Lipinski definition) is 2. The normalized spacial score (nSPS) is 12.0. The van der Waals surface area contributed by atoms with Crippen LogP contribution in [-0.4, -0.2) is 43.4 Å². The minimum Gasteiger partial charge on any atom is -0.490 e. The van der Waals surface area contributed by atoms with Crippen LogP contribution in [0.25, 0.3) is 0 Å². The second kappa shape index (κ2) is 11.3. The SMILES string of the molecule is CCOc1ccccc1OCCCC(=O)N[C@@H](C)CNC(=O)OC(C)(C)C. The number of carbonyl (C=O) groups excluding carboxylic acids is 2. The van der Waals surface area contributed by atoms with E-state index in [2.05, 4.69) is 10.6 Å². The first-order valence-corrected chi connectivity index (χ1v) is 9.32. The van der Waals surface area contributed by atoms with Gasteiger partial charge in [0.1, 0.15) is 5.60 Å². The number of rotatable bonds is 10. The van der Waals surface area contributed by atoms with Gasteiger partial charge in [-0.1, -0.05) is 12.1 Å². The molecule has 0 unspecified atom stereocenters. The third-order valence-corrected chi connectivity index (χ3v) is 3.31. The molecule has 7 heteroatoms. The van der Waals surface area contributed by atoms with Crippen LogP contribution in [0.4, 0.5) is 4.79 Å². The molecule has 0 saturated heterocycles. The molecule has 1 atom stereocenters. The number of alkyl carbamates (subject to hydrolysis) is 1. The Kier molecular flexibility index (Phi) is 9.47. The number of ether oxygens (including phenoxy) is 3. The molecule has 0 aliphatic heterocycles. The maximum atomic E-state index is 12.0. The molecule has 0 heterocycles. The van der Waals surface area contributed by atoms with E-state index in [4.69, 9.17) is 14.2 Å². The summed E-state index contributed by atoms with van der Waals surface area (Å²) in [5, 5.41) is 5.48. The largest absolute Gasteiger partial charge is 0.490 e. The fraction of sp³-hybridized carbons (Fsp3) is 0.600. The molecule has 0 aliphatic carbocycles. The standard InChI is InChI=1S/C20H32N2O5/c1-6-25-16-10-7-8-11-17(16)26-13-9-12-18(23)22-15(2)14-21-19(24)27-20(3,4)5/h7-8,10-11,15H,6,9,12-14H2,1-5H3,(H,21,24)(H,22,23)/t15-/m0/s1. The molecule has 2 amide bonds. The van der Waals surface area contributed by atoms with Gasteiger partial charge in [0.25, 0.3) is 0 Å². The molecular weight excluding hydrogens is 348 g/mol. The van der Waals surface area contributed by atoms with E-state index >= 15 is 0 Å². The maximum absolute atomic E-state index is 12.0. The Labute approximate surface area is 161 Å². The Hall–Kier alpha value is -2.44. The predicted molar refractivity (Wildman–Crippen MR) is 104 cm³/mol. The number of para-hydroxylation sites is 2. The van der Waals surface area contributed by atoms with E-state index < -0.39 is 11.7 Å². The molecule has 0 spiro atoms. The Bertz CT molecular complexity index is 598. The lowest BCUT2D eigenvalue weighted by molar-refractivity contribution is -0.121. The van der Waals surface area contributed by atoms with Gasteiger partial charge in [-0.3, -0.25) is 4.79 Å². The van der Waals surface area contributed by atoms with Gasteiger partial charge in [0, 0.05) is 19.0 Å². The van der Waals surface area contributed by atoms with Gasteiger partial charge in [0.15, 0.2) is 11.5 Å². The van der Waals surface area contributed by atoms with E-state index in [9.17, 15) is 9.59 Å². The van der Waals surface area contributed by atoms with Gasteiger partial charge in [0.05, 0.1) is 13.2 Å². The number of amides is 2. The molecule has 27 heavy (non-hydrogen) atoms. The quantitative estimate of drug-likeness (QED) is 0.609.